The van der Waals surface area contributed by atoms with Crippen LogP contribution in [0.15, 0.2) is 18.5 Å². The standard InChI is InChI=1S/C11H14F3N/c1-4-10(2,3)9-7-15-6-5-8(9)11(12,13)14/h5-7H,4H2,1-3H3. The van der Waals surface area contributed by atoms with Crippen LogP contribution >= 0.6 is 0 Å². The topological polar surface area (TPSA) is 12.9 Å². The zero-order valence-corrected chi connectivity index (χ0v) is 9.02. The summed E-state index contributed by atoms with van der Waals surface area (Å²) in [6, 6.07) is 1.03. The first-order chi connectivity index (χ1) is 6.79. The fourth-order valence-corrected chi connectivity index (χ4v) is 1.37. The van der Waals surface area contributed by atoms with Crippen molar-refractivity contribution in [3.8, 4) is 0 Å². The largest absolute Gasteiger partial charge is 0.416 e. The van der Waals surface area contributed by atoms with E-state index in [4.69, 9.17) is 0 Å². The highest BCUT2D eigenvalue weighted by Gasteiger charge is 2.37. The Labute approximate surface area is 87.3 Å². The number of alkyl halides is 3. The van der Waals surface area contributed by atoms with Crippen molar-refractivity contribution in [2.24, 2.45) is 0 Å². The zero-order valence-electron chi connectivity index (χ0n) is 9.02. The summed E-state index contributed by atoms with van der Waals surface area (Å²) in [5.41, 5.74) is -0.816. The molecule has 0 radical (unpaired) electrons. The van der Waals surface area contributed by atoms with Crippen LogP contribution in [-0.4, -0.2) is 4.98 Å². The normalized spacial score (nSPS) is 12.9. The van der Waals surface area contributed by atoms with Gasteiger partial charge in [-0.3, -0.25) is 4.98 Å². The van der Waals surface area contributed by atoms with Gasteiger partial charge in [-0.2, -0.15) is 13.2 Å². The van der Waals surface area contributed by atoms with Gasteiger partial charge in [0.2, 0.25) is 0 Å². The molecule has 84 valence electrons. The molecule has 1 aromatic rings. The van der Waals surface area contributed by atoms with Gasteiger partial charge >= 0.3 is 6.18 Å². The molecule has 0 spiro atoms. The maximum absolute atomic E-state index is 12.7. The van der Waals surface area contributed by atoms with E-state index in [1.807, 2.05) is 6.92 Å². The first kappa shape index (κ1) is 12.0. The molecule has 15 heavy (non-hydrogen) atoms. The Kier molecular flexibility index (Phi) is 3.07. The van der Waals surface area contributed by atoms with Crippen LogP contribution < -0.4 is 0 Å². The number of rotatable bonds is 2. The van der Waals surface area contributed by atoms with Gasteiger partial charge in [-0.25, -0.2) is 0 Å². The molecule has 0 N–H and O–H groups in total. The van der Waals surface area contributed by atoms with Crippen LogP contribution in [0, 0.1) is 0 Å². The highest BCUT2D eigenvalue weighted by molar-refractivity contribution is 5.32. The number of hydrogen-bond acceptors (Lipinski definition) is 1. The van der Waals surface area contributed by atoms with Gasteiger partial charge in [0.15, 0.2) is 0 Å². The molecule has 1 rings (SSSR count). The van der Waals surface area contributed by atoms with Crippen LogP contribution in [0.25, 0.3) is 0 Å². The average molecular weight is 217 g/mol. The van der Waals surface area contributed by atoms with Crippen molar-refractivity contribution in [2.75, 3.05) is 0 Å². The van der Waals surface area contributed by atoms with Gasteiger partial charge in [-0.15, -0.1) is 0 Å². The average Bonchev–Trinajstić information content (AvgIpc) is 2.16. The van der Waals surface area contributed by atoms with Crippen LogP contribution in [0.3, 0.4) is 0 Å². The molecule has 0 atom stereocenters. The molecule has 1 nitrogen and oxygen atoms in total. The molecule has 1 heterocycles. The molecule has 0 aromatic carbocycles. The van der Waals surface area contributed by atoms with Gasteiger partial charge in [-0.1, -0.05) is 20.8 Å². The third kappa shape index (κ3) is 2.49. The smallest absolute Gasteiger partial charge is 0.264 e. The van der Waals surface area contributed by atoms with E-state index in [0.717, 1.165) is 6.07 Å². The van der Waals surface area contributed by atoms with E-state index in [1.54, 1.807) is 13.8 Å². The monoisotopic (exact) mass is 217 g/mol. The minimum absolute atomic E-state index is 0.264. The van der Waals surface area contributed by atoms with E-state index in [2.05, 4.69) is 4.98 Å². The van der Waals surface area contributed by atoms with Gasteiger partial charge in [0.1, 0.15) is 0 Å². The molecule has 0 saturated carbocycles. The number of aromatic nitrogens is 1. The molecule has 0 unspecified atom stereocenters. The zero-order chi connectivity index (χ0) is 11.7. The minimum Gasteiger partial charge on any atom is -0.264 e. The lowest BCUT2D eigenvalue weighted by Gasteiger charge is -2.26. The Morgan fingerprint density at radius 1 is 1.20 bits per heavy atom. The Bertz CT molecular complexity index is 342. The molecule has 0 aliphatic rings. The summed E-state index contributed by atoms with van der Waals surface area (Å²) in [5.74, 6) is 0. The van der Waals surface area contributed by atoms with Gasteiger partial charge in [0, 0.05) is 12.4 Å². The Hall–Kier alpha value is -1.06. The third-order valence-electron chi connectivity index (χ3n) is 2.74. The number of nitrogens with zero attached hydrogens (tertiary/aromatic N) is 1. The molecule has 0 amide bonds. The number of halogens is 3. The highest BCUT2D eigenvalue weighted by Crippen LogP contribution is 2.38. The Morgan fingerprint density at radius 3 is 2.27 bits per heavy atom. The van der Waals surface area contributed by atoms with Crippen molar-refractivity contribution >= 4 is 0 Å². The second-order valence-corrected chi connectivity index (χ2v) is 4.16. The quantitative estimate of drug-likeness (QED) is 0.734. The molecule has 1 aromatic heterocycles. The third-order valence-corrected chi connectivity index (χ3v) is 2.74. The lowest BCUT2D eigenvalue weighted by atomic mass is 9.80. The van der Waals surface area contributed by atoms with E-state index in [9.17, 15) is 13.2 Å². The Balaban J connectivity index is 3.31. The number of hydrogen-bond donors (Lipinski definition) is 0. The minimum atomic E-state index is -4.30. The van der Waals surface area contributed by atoms with E-state index in [-0.39, 0.29) is 5.56 Å². The first-order valence-corrected chi connectivity index (χ1v) is 4.80. The second-order valence-electron chi connectivity index (χ2n) is 4.16. The Morgan fingerprint density at radius 2 is 1.80 bits per heavy atom. The molecular weight excluding hydrogens is 203 g/mol. The molecular formula is C11H14F3N. The van der Waals surface area contributed by atoms with Crippen molar-refractivity contribution in [2.45, 2.75) is 38.8 Å². The maximum Gasteiger partial charge on any atom is 0.416 e. The van der Waals surface area contributed by atoms with Gasteiger partial charge in [0.25, 0.3) is 0 Å². The fraction of sp³-hybridized carbons (Fsp3) is 0.545. The van der Waals surface area contributed by atoms with Gasteiger partial charge in [0.05, 0.1) is 5.56 Å². The van der Waals surface area contributed by atoms with Crippen molar-refractivity contribution < 1.29 is 13.2 Å². The summed E-state index contributed by atoms with van der Waals surface area (Å²) in [7, 11) is 0. The lowest BCUT2D eigenvalue weighted by molar-refractivity contribution is -0.138. The number of pyridine rings is 1. The summed E-state index contributed by atoms with van der Waals surface area (Å²) in [6.45, 7) is 5.45. The maximum atomic E-state index is 12.7. The van der Waals surface area contributed by atoms with Crippen molar-refractivity contribution in [3.05, 3.63) is 29.6 Å². The van der Waals surface area contributed by atoms with Gasteiger partial charge in [-0.05, 0) is 23.5 Å². The SMILES string of the molecule is CCC(C)(C)c1cnccc1C(F)(F)F. The summed E-state index contributed by atoms with van der Waals surface area (Å²) in [5, 5.41) is 0. The molecule has 0 fully saturated rings. The van der Waals surface area contributed by atoms with E-state index >= 15 is 0 Å². The fourth-order valence-electron chi connectivity index (χ4n) is 1.37. The second kappa shape index (κ2) is 3.83. The molecule has 0 aliphatic carbocycles. The highest BCUT2D eigenvalue weighted by atomic mass is 19.4. The van der Waals surface area contributed by atoms with Crippen LogP contribution in [0.4, 0.5) is 13.2 Å². The predicted octanol–water partition coefficient (Wildman–Crippen LogP) is 3.79. The molecule has 0 aliphatic heterocycles. The van der Waals surface area contributed by atoms with E-state index in [1.165, 1.54) is 12.4 Å². The van der Waals surface area contributed by atoms with Gasteiger partial charge < -0.3 is 0 Å². The van der Waals surface area contributed by atoms with Crippen LogP contribution in [0.2, 0.25) is 0 Å². The van der Waals surface area contributed by atoms with Crippen LogP contribution in [0.5, 0.6) is 0 Å². The van der Waals surface area contributed by atoms with Crippen molar-refractivity contribution in [1.29, 1.82) is 0 Å². The first-order valence-electron chi connectivity index (χ1n) is 4.80. The molecule has 0 bridgehead atoms. The predicted molar refractivity (Wildman–Crippen MR) is 52.6 cm³/mol. The summed E-state index contributed by atoms with van der Waals surface area (Å²) < 4.78 is 38.1. The van der Waals surface area contributed by atoms with E-state index < -0.39 is 17.2 Å². The molecule has 4 heteroatoms. The summed E-state index contributed by atoms with van der Waals surface area (Å²) in [4.78, 5) is 3.77. The van der Waals surface area contributed by atoms with Crippen molar-refractivity contribution in [1.82, 2.24) is 4.98 Å². The lowest BCUT2D eigenvalue weighted by Crippen LogP contribution is -2.22. The van der Waals surface area contributed by atoms with Crippen LogP contribution in [0.1, 0.15) is 38.3 Å². The summed E-state index contributed by atoms with van der Waals surface area (Å²) >= 11 is 0. The van der Waals surface area contributed by atoms with Crippen LogP contribution in [-0.2, 0) is 11.6 Å². The van der Waals surface area contributed by atoms with E-state index in [0.29, 0.717) is 6.42 Å². The summed E-state index contributed by atoms with van der Waals surface area (Å²) in [6.07, 6.45) is -1.17. The molecule has 0 saturated heterocycles. The van der Waals surface area contributed by atoms with Crippen molar-refractivity contribution in [3.63, 3.8) is 0 Å².